The van der Waals surface area contributed by atoms with E-state index in [2.05, 4.69) is 61.3 Å². The largest absolute Gasteiger partial charge is 0.306 e. The number of aromatic nitrogens is 2. The highest BCUT2D eigenvalue weighted by atomic mass is 15.0. The van der Waals surface area contributed by atoms with Gasteiger partial charge in [0.25, 0.3) is 0 Å². The van der Waals surface area contributed by atoms with E-state index in [4.69, 9.17) is 7.85 Å². The molecule has 3 aromatic carbocycles. The standard InChI is InChI=1S/C13H11B.C11H12N2/c14-13(11-7-3-1-4-8-11)12-9-5-2-6-10-12;1-9-4-3-5-10(2)11(9)13-7-6-12-8-13/h1-10,13H;3-8H,1-2H3. The van der Waals surface area contributed by atoms with Gasteiger partial charge < -0.3 is 4.57 Å². The van der Waals surface area contributed by atoms with Crippen LogP contribution in [-0.2, 0) is 0 Å². The van der Waals surface area contributed by atoms with Gasteiger partial charge >= 0.3 is 0 Å². The first-order chi connectivity index (χ1) is 13.2. The van der Waals surface area contributed by atoms with Crippen molar-refractivity contribution in [1.82, 2.24) is 9.55 Å². The van der Waals surface area contributed by atoms with Crippen molar-refractivity contribution in [1.29, 1.82) is 0 Å². The molecule has 27 heavy (non-hydrogen) atoms. The van der Waals surface area contributed by atoms with Gasteiger partial charge in [0.15, 0.2) is 0 Å². The lowest BCUT2D eigenvalue weighted by Gasteiger charge is -2.12. The van der Waals surface area contributed by atoms with E-state index in [0.29, 0.717) is 0 Å². The second kappa shape index (κ2) is 9.04. The maximum atomic E-state index is 6.12. The van der Waals surface area contributed by atoms with Crippen LogP contribution >= 0.6 is 0 Å². The summed E-state index contributed by atoms with van der Waals surface area (Å²) in [5, 5.41) is 0. The maximum absolute atomic E-state index is 6.12. The highest BCUT2D eigenvalue weighted by molar-refractivity contribution is 6.14. The van der Waals surface area contributed by atoms with Crippen molar-refractivity contribution in [2.45, 2.75) is 19.7 Å². The number of aryl methyl sites for hydroxylation is 2. The fourth-order valence-electron chi connectivity index (χ4n) is 3.12. The molecule has 0 N–H and O–H groups in total. The predicted molar refractivity (Wildman–Crippen MR) is 114 cm³/mol. The molecule has 1 aromatic heterocycles. The van der Waals surface area contributed by atoms with Crippen molar-refractivity contribution in [3.63, 3.8) is 0 Å². The quantitative estimate of drug-likeness (QED) is 0.450. The van der Waals surface area contributed by atoms with E-state index in [0.717, 1.165) is 11.1 Å². The Labute approximate surface area is 162 Å². The van der Waals surface area contributed by atoms with E-state index < -0.39 is 0 Å². The zero-order chi connectivity index (χ0) is 19.1. The number of para-hydroxylation sites is 1. The minimum absolute atomic E-state index is 0.0163. The first kappa shape index (κ1) is 18.7. The summed E-state index contributed by atoms with van der Waals surface area (Å²) in [6.45, 7) is 4.23. The highest BCUT2D eigenvalue weighted by Crippen LogP contribution is 2.20. The number of nitrogens with zero attached hydrogens (tertiary/aromatic N) is 2. The van der Waals surface area contributed by atoms with E-state index in [1.54, 1.807) is 6.20 Å². The van der Waals surface area contributed by atoms with Crippen LogP contribution < -0.4 is 0 Å². The number of benzene rings is 3. The molecule has 0 bridgehead atoms. The van der Waals surface area contributed by atoms with Crippen LogP contribution in [0.5, 0.6) is 0 Å². The smallest absolute Gasteiger partial charge is 0.0991 e. The summed E-state index contributed by atoms with van der Waals surface area (Å²) in [6, 6.07) is 26.6. The lowest BCUT2D eigenvalue weighted by Crippen LogP contribution is -1.99. The third-order valence-corrected chi connectivity index (χ3v) is 4.52. The molecule has 3 heteroatoms. The Morgan fingerprint density at radius 3 is 1.70 bits per heavy atom. The van der Waals surface area contributed by atoms with Crippen molar-refractivity contribution in [2.24, 2.45) is 0 Å². The molecular weight excluding hydrogens is 327 g/mol. The van der Waals surface area contributed by atoms with Crippen LogP contribution in [-0.4, -0.2) is 17.4 Å². The van der Waals surface area contributed by atoms with Crippen LogP contribution in [0.25, 0.3) is 5.69 Å². The van der Waals surface area contributed by atoms with Gasteiger partial charge in [-0.2, -0.15) is 0 Å². The van der Waals surface area contributed by atoms with Gasteiger partial charge in [-0.25, -0.2) is 4.98 Å². The summed E-state index contributed by atoms with van der Waals surface area (Å²) in [7, 11) is 6.12. The van der Waals surface area contributed by atoms with Crippen LogP contribution in [0.1, 0.15) is 28.1 Å². The summed E-state index contributed by atoms with van der Waals surface area (Å²) in [4.78, 5) is 4.04. The summed E-state index contributed by atoms with van der Waals surface area (Å²) >= 11 is 0. The molecule has 0 fully saturated rings. The van der Waals surface area contributed by atoms with Crippen molar-refractivity contribution in [2.75, 3.05) is 0 Å². The summed E-state index contributed by atoms with van der Waals surface area (Å²) < 4.78 is 2.05. The molecule has 0 aliphatic rings. The third kappa shape index (κ3) is 4.76. The minimum atomic E-state index is -0.0163. The molecule has 1 heterocycles. The molecule has 0 unspecified atom stereocenters. The zero-order valence-electron chi connectivity index (χ0n) is 15.8. The van der Waals surface area contributed by atoms with Gasteiger partial charge in [0, 0.05) is 12.4 Å². The average Bonchev–Trinajstić information content (AvgIpc) is 3.23. The van der Waals surface area contributed by atoms with Gasteiger partial charge in [-0.05, 0) is 41.9 Å². The molecule has 0 saturated carbocycles. The maximum Gasteiger partial charge on any atom is 0.0991 e. The molecule has 132 valence electrons. The predicted octanol–water partition coefficient (Wildman–Crippen LogP) is 5.43. The molecule has 2 radical (unpaired) electrons. The van der Waals surface area contributed by atoms with Crippen LogP contribution in [0.4, 0.5) is 0 Å². The van der Waals surface area contributed by atoms with Crippen LogP contribution in [0.3, 0.4) is 0 Å². The Balaban J connectivity index is 0.000000156. The molecule has 0 aliphatic heterocycles. The first-order valence-corrected chi connectivity index (χ1v) is 9.07. The topological polar surface area (TPSA) is 17.8 Å². The van der Waals surface area contributed by atoms with Gasteiger partial charge in [-0.15, -0.1) is 0 Å². The SMILES string of the molecule is Cc1cccc(C)c1-n1ccnc1.[B]C(c1ccccc1)c1ccccc1. The fourth-order valence-corrected chi connectivity index (χ4v) is 3.12. The second-order valence-electron chi connectivity index (χ2n) is 6.51. The molecule has 0 atom stereocenters. The van der Waals surface area contributed by atoms with Gasteiger partial charge in [-0.3, -0.25) is 0 Å². The Morgan fingerprint density at radius 2 is 1.26 bits per heavy atom. The van der Waals surface area contributed by atoms with Crippen LogP contribution in [0, 0.1) is 13.8 Å². The molecule has 0 aliphatic carbocycles. The van der Waals surface area contributed by atoms with E-state index in [1.165, 1.54) is 16.8 Å². The summed E-state index contributed by atoms with van der Waals surface area (Å²) in [5.74, 6) is -0.0163. The Morgan fingerprint density at radius 1 is 0.741 bits per heavy atom. The molecule has 4 rings (SSSR count). The molecule has 2 nitrogen and oxygen atoms in total. The average molecular weight is 350 g/mol. The van der Waals surface area contributed by atoms with Crippen LogP contribution in [0.15, 0.2) is 97.6 Å². The summed E-state index contributed by atoms with van der Waals surface area (Å²) in [5.41, 5.74) is 6.09. The lowest BCUT2D eigenvalue weighted by atomic mass is 9.76. The van der Waals surface area contributed by atoms with Crippen molar-refractivity contribution in [3.05, 3.63) is 120 Å². The van der Waals surface area contributed by atoms with Crippen molar-refractivity contribution >= 4 is 7.85 Å². The van der Waals surface area contributed by atoms with E-state index >= 15 is 0 Å². The number of hydrogen-bond acceptors (Lipinski definition) is 1. The molecular formula is C24H23BN2. The normalized spacial score (nSPS) is 10.3. The monoisotopic (exact) mass is 350 g/mol. The third-order valence-electron chi connectivity index (χ3n) is 4.52. The molecule has 0 saturated heterocycles. The fraction of sp³-hybridized carbons (Fsp3) is 0.125. The zero-order valence-corrected chi connectivity index (χ0v) is 15.8. The first-order valence-electron chi connectivity index (χ1n) is 9.07. The van der Waals surface area contributed by atoms with Gasteiger partial charge in [-0.1, -0.05) is 78.9 Å². The molecule has 0 amide bonds. The van der Waals surface area contributed by atoms with Crippen molar-refractivity contribution in [3.8, 4) is 5.69 Å². The highest BCUT2D eigenvalue weighted by Gasteiger charge is 2.05. The minimum Gasteiger partial charge on any atom is -0.306 e. The van der Waals surface area contributed by atoms with E-state index in [1.807, 2.05) is 53.5 Å². The molecule has 4 aromatic rings. The van der Waals surface area contributed by atoms with Crippen LogP contribution in [0.2, 0.25) is 0 Å². The number of rotatable bonds is 3. The number of imidazole rings is 1. The van der Waals surface area contributed by atoms with E-state index in [9.17, 15) is 0 Å². The molecule has 0 spiro atoms. The number of hydrogen-bond donors (Lipinski definition) is 0. The van der Waals surface area contributed by atoms with Crippen molar-refractivity contribution < 1.29 is 0 Å². The second-order valence-corrected chi connectivity index (χ2v) is 6.51. The Kier molecular flexibility index (Phi) is 6.27. The lowest BCUT2D eigenvalue weighted by molar-refractivity contribution is 1.02. The summed E-state index contributed by atoms with van der Waals surface area (Å²) in [6.07, 6.45) is 5.59. The van der Waals surface area contributed by atoms with Gasteiger partial charge in [0.1, 0.15) is 0 Å². The van der Waals surface area contributed by atoms with Gasteiger partial charge in [0.05, 0.1) is 19.9 Å². The van der Waals surface area contributed by atoms with Gasteiger partial charge in [0.2, 0.25) is 0 Å². The Hall–Kier alpha value is -3.07. The Bertz CT molecular complexity index is 889. The van der Waals surface area contributed by atoms with E-state index in [-0.39, 0.29) is 5.82 Å².